The molecular weight excluding hydrogens is 1910 g/mol. The summed E-state index contributed by atoms with van der Waals surface area (Å²) in [7, 11) is 0. The fourth-order valence-electron chi connectivity index (χ4n) is 14.3. The van der Waals surface area contributed by atoms with Gasteiger partial charge < -0.3 is 134 Å². The van der Waals surface area contributed by atoms with Gasteiger partial charge in [0.25, 0.3) is 0 Å². The first kappa shape index (κ1) is 143. The first-order chi connectivity index (χ1) is 71.3. The van der Waals surface area contributed by atoms with Crippen LogP contribution in [0.25, 0.3) is 0 Å². The molecule has 0 aliphatic heterocycles. The van der Waals surface area contributed by atoms with Crippen molar-refractivity contribution in [1.29, 1.82) is 0 Å². The number of alkyl carbamates (subject to hydrolysis) is 2. The topological polar surface area (TPSA) is 377 Å². The number of rotatable bonds is 99. The number of aliphatic hydroxyl groups excluding tert-OH is 1. The smallest absolute Gasteiger partial charge is 0.407 e. The molecule has 1 saturated carbocycles. The molecule has 0 saturated heterocycles. The van der Waals surface area contributed by atoms with Crippen LogP contribution in [0.3, 0.4) is 0 Å². The van der Waals surface area contributed by atoms with E-state index in [9.17, 15) is 33.9 Å². The molecule has 0 radical (unpaired) electrons. The maximum Gasteiger partial charge on any atom is 0.407 e. The highest BCUT2D eigenvalue weighted by Crippen LogP contribution is 2.46. The third-order valence-corrected chi connectivity index (χ3v) is 21.5. The van der Waals surface area contributed by atoms with Crippen molar-refractivity contribution < 1.29 is 152 Å². The summed E-state index contributed by atoms with van der Waals surface area (Å²) < 4.78 is 141. The quantitative estimate of drug-likeness (QED) is 0.0167. The molecule has 3 N–H and O–H groups in total. The van der Waals surface area contributed by atoms with E-state index in [-0.39, 0.29) is 155 Å². The lowest BCUT2D eigenvalue weighted by atomic mass is 9.62. The minimum atomic E-state index is -0.818. The second kappa shape index (κ2) is 92.3. The molecule has 148 heavy (non-hydrogen) atoms. The average molecular weight is 2090 g/mol. The molecule has 34 heteroatoms. The van der Waals surface area contributed by atoms with E-state index >= 15 is 0 Å². The van der Waals surface area contributed by atoms with Crippen molar-refractivity contribution in [2.24, 2.45) is 48.7 Å². The van der Waals surface area contributed by atoms with Gasteiger partial charge in [0.15, 0.2) is 0 Å². The summed E-state index contributed by atoms with van der Waals surface area (Å²) >= 11 is 0. The Morgan fingerprint density at radius 3 is 0.655 bits per heavy atom. The van der Waals surface area contributed by atoms with Gasteiger partial charge in [-0.1, -0.05) is 150 Å². The highest BCUT2D eigenvalue weighted by atomic mass is 16.6. The Hall–Kier alpha value is -9.58. The largest absolute Gasteiger partial charge is 0.465 e. The van der Waals surface area contributed by atoms with E-state index < -0.39 is 74.0 Å². The molecule has 0 aromatic heterocycles. The van der Waals surface area contributed by atoms with Gasteiger partial charge in [-0.15, -0.1) is 125 Å². The normalized spacial score (nSPS) is 13.9. The van der Waals surface area contributed by atoms with E-state index in [2.05, 4.69) is 156 Å². The van der Waals surface area contributed by atoms with Crippen LogP contribution in [0.5, 0.6) is 0 Å². The number of carbonyl (C=O) groups excluding carboxylic acids is 6. The second-order valence-electron chi connectivity index (χ2n) is 36.9. The zero-order valence-corrected chi connectivity index (χ0v) is 90.2. The highest BCUT2D eigenvalue weighted by molar-refractivity contribution is 5.91. The Morgan fingerprint density at radius 1 is 0.264 bits per heavy atom. The van der Waals surface area contributed by atoms with Crippen LogP contribution in [0.2, 0.25) is 0 Å². The van der Waals surface area contributed by atoms with Gasteiger partial charge in [-0.05, 0) is 42.9 Å². The zero-order chi connectivity index (χ0) is 111. The first-order valence-corrected chi connectivity index (χ1v) is 49.6. The number of nitrogens with one attached hydrogen (secondary N) is 2. The lowest BCUT2D eigenvalue weighted by molar-refractivity contribution is -0.161. The Bertz CT molecular complexity index is 3400. The molecule has 0 spiro atoms. The maximum atomic E-state index is 13.0. The molecule has 842 valence electrons. The monoisotopic (exact) mass is 2090 g/mol. The van der Waals surface area contributed by atoms with Gasteiger partial charge in [0.1, 0.15) is 39.6 Å². The highest BCUT2D eigenvalue weighted by Gasteiger charge is 2.45. The second-order valence-corrected chi connectivity index (χ2v) is 36.9. The molecule has 1 aliphatic rings. The summed E-state index contributed by atoms with van der Waals surface area (Å²) in [5, 5.41) is 15.6. The third kappa shape index (κ3) is 72.8. The van der Waals surface area contributed by atoms with Crippen LogP contribution < -0.4 is 10.6 Å². The molecule has 0 aromatic rings. The first-order valence-electron chi connectivity index (χ1n) is 49.6. The fraction of sp³-hybridized carbons (Fsp3) is 0.596. The lowest BCUT2D eigenvalue weighted by Crippen LogP contribution is -2.51. The van der Waals surface area contributed by atoms with Crippen molar-refractivity contribution in [3.8, 4) is 0 Å². The molecule has 2 unspecified atom stereocenters. The molecule has 2 amide bonds. The minimum Gasteiger partial charge on any atom is -0.465 e. The molecule has 0 bridgehead atoms. The van der Waals surface area contributed by atoms with Crippen LogP contribution in [0.15, 0.2) is 253 Å². The van der Waals surface area contributed by atoms with Gasteiger partial charge >= 0.3 is 36.1 Å². The molecular formula is C114H184N2O32. The zero-order valence-electron chi connectivity index (χ0n) is 90.2. The molecule has 34 nitrogen and oxygen atoms in total. The Balaban J connectivity index is -0.00000197. The van der Waals surface area contributed by atoms with Crippen LogP contribution in [-0.4, -0.2) is 351 Å². The summed E-state index contributed by atoms with van der Waals surface area (Å²) in [6, 6.07) is -0.124. The summed E-state index contributed by atoms with van der Waals surface area (Å²) in [5.41, 5.74) is -5.08. The molecule has 2 atom stereocenters. The molecule has 1 aliphatic carbocycles. The van der Waals surface area contributed by atoms with Gasteiger partial charge in [-0.2, -0.15) is 0 Å². The molecule has 0 aromatic carbocycles. The predicted octanol–water partition coefficient (Wildman–Crippen LogP) is 16.1. The maximum absolute atomic E-state index is 13.0. The van der Waals surface area contributed by atoms with Crippen molar-refractivity contribution in [3.05, 3.63) is 253 Å². The van der Waals surface area contributed by atoms with Crippen molar-refractivity contribution in [2.45, 2.75) is 85.6 Å². The van der Waals surface area contributed by atoms with Gasteiger partial charge in [-0.25, -0.2) is 19.2 Å². The Kier molecular flexibility index (Phi) is 88.9. The van der Waals surface area contributed by atoms with E-state index in [1.165, 1.54) is 0 Å². The van der Waals surface area contributed by atoms with Crippen LogP contribution in [-0.2, 0) is 138 Å². The summed E-state index contributed by atoms with van der Waals surface area (Å²) in [6.07, 6.45) is 35.5. The van der Waals surface area contributed by atoms with Crippen LogP contribution >= 0.6 is 0 Å². The standard InChI is InChI=1S/C36H62N2O8.C32H50O10.C32H48O10.C14H24O4/c1-10-16-41-24-35(14-5,25-42-17-11-2)28-45-31(39)37-23-34(9)21-30(20-33(7,8)22-34)38-32(40)46-29-36(15-6,26-43-18-12-3)27-44-19-13-4;2*1-7-15-35-21-31(22-36-16-8-2,23-37-17-9-3)27-41-29(33)13-14-30(34)42-28-32(24-38-18-10-4,25-39-19-11-5)26-40-20-12-6;1-4-7-16-11-14(10-15,12-17-8-5-2)13-18-9-6-3/h10-13,30H,1-4,14-29H2,5-9H3,(H,37,39)(H,38,40);7-12H,1-6,13-28H2;7-14H,1-6,15-28H2;4-6,15H,1-3,7-13H2/b;;14-13+;. The number of carbonyl (C=O) groups is 6. The number of esters is 4. The Morgan fingerprint density at radius 2 is 0.453 bits per heavy atom. The summed E-state index contributed by atoms with van der Waals surface area (Å²) in [4.78, 5) is 76.3. The average Bonchev–Trinajstić information content (AvgIpc) is 0.793. The molecule has 1 rings (SSSR count). The van der Waals surface area contributed by atoms with Gasteiger partial charge in [0, 0.05) is 24.7 Å². The van der Waals surface area contributed by atoms with E-state index in [0.717, 1.165) is 25.0 Å². The Labute approximate surface area is 885 Å². The van der Waals surface area contributed by atoms with Crippen LogP contribution in [0, 0.1) is 48.7 Å². The van der Waals surface area contributed by atoms with Crippen LogP contribution in [0.4, 0.5) is 9.59 Å². The predicted molar refractivity (Wildman–Crippen MR) is 580 cm³/mol. The molecule has 0 heterocycles. The van der Waals surface area contributed by atoms with Crippen molar-refractivity contribution >= 4 is 36.1 Å². The van der Waals surface area contributed by atoms with Gasteiger partial charge in [-0.3, -0.25) is 9.59 Å². The summed E-state index contributed by atoms with van der Waals surface area (Å²) in [5.74, 6) is -2.65. The number of aliphatic hydroxyl groups is 1. The van der Waals surface area contributed by atoms with Crippen LogP contribution in [0.1, 0.15) is 79.6 Å². The lowest BCUT2D eigenvalue weighted by Gasteiger charge is -2.46. The number of hydrogen-bond acceptors (Lipinski definition) is 32. The fourth-order valence-corrected chi connectivity index (χ4v) is 14.3. The van der Waals surface area contributed by atoms with E-state index in [0.29, 0.717) is 198 Å². The van der Waals surface area contributed by atoms with Crippen molar-refractivity contribution in [2.75, 3.05) is 304 Å². The van der Waals surface area contributed by atoms with Crippen molar-refractivity contribution in [3.63, 3.8) is 0 Å². The number of ether oxygens (including phenoxy) is 25. The number of hydrogen-bond donors (Lipinski definition) is 3. The minimum absolute atomic E-state index is 0.0443. The van der Waals surface area contributed by atoms with E-state index in [1.54, 1.807) is 115 Å². The summed E-state index contributed by atoms with van der Waals surface area (Å²) in [6.45, 7) is 91.5. The third-order valence-electron chi connectivity index (χ3n) is 21.5. The van der Waals surface area contributed by atoms with Gasteiger partial charge in [0.05, 0.1) is 308 Å². The van der Waals surface area contributed by atoms with E-state index in [4.69, 9.17) is 118 Å². The van der Waals surface area contributed by atoms with E-state index in [1.807, 2.05) is 13.8 Å². The van der Waals surface area contributed by atoms with Gasteiger partial charge in [0.2, 0.25) is 0 Å². The van der Waals surface area contributed by atoms with Crippen molar-refractivity contribution in [1.82, 2.24) is 10.6 Å². The molecule has 1 fully saturated rings. The SMILES string of the molecule is C=CCOCC(CC)(COCC=C)COC(=O)NCC1(C)CC(NC(=O)OCC(CC)(COCC=C)COCC=C)CC(C)(C)C1.C=CCOCC(CO)(COCC=C)COCC=C.C=CCOCC(COCC=C)(COCC=C)COC(=O)/C=C/C(=O)OCC(COCC=C)(COCC=C)COCC=C.C=CCOCC(COCC=C)(COCC=C)COC(=O)CCC(=O)OCC(COCC=C)(COCC=C)COCC=C. The number of amides is 2.